The van der Waals surface area contributed by atoms with E-state index in [9.17, 15) is 4.79 Å². The van der Waals surface area contributed by atoms with Gasteiger partial charge >= 0.3 is 0 Å². The van der Waals surface area contributed by atoms with Crippen molar-refractivity contribution in [2.75, 3.05) is 26.9 Å². The van der Waals surface area contributed by atoms with Crippen molar-refractivity contribution in [2.45, 2.75) is 6.04 Å². The van der Waals surface area contributed by atoms with Crippen LogP contribution in [0.1, 0.15) is 10.4 Å². The van der Waals surface area contributed by atoms with Crippen molar-refractivity contribution < 1.29 is 19.4 Å². The van der Waals surface area contributed by atoms with Crippen molar-refractivity contribution in [3.8, 4) is 5.75 Å². The molecule has 104 valence electrons. The number of carbonyl (C=O) groups excluding carboxylic acids is 1. The van der Waals surface area contributed by atoms with Gasteiger partial charge in [-0.1, -0.05) is 12.7 Å². The summed E-state index contributed by atoms with van der Waals surface area (Å²) < 4.78 is 10.2. The van der Waals surface area contributed by atoms with E-state index in [-0.39, 0.29) is 19.1 Å². The maximum atomic E-state index is 11.9. The molecule has 0 spiro atoms. The largest absolute Gasteiger partial charge is 0.490 e. The second-order valence-electron chi connectivity index (χ2n) is 3.93. The molecule has 1 unspecified atom stereocenters. The second-order valence-corrected chi connectivity index (χ2v) is 3.93. The Hall–Kier alpha value is -1.85. The molecule has 0 saturated carbocycles. The van der Waals surface area contributed by atoms with Gasteiger partial charge in [0.2, 0.25) is 0 Å². The summed E-state index contributed by atoms with van der Waals surface area (Å²) in [5.74, 6) is 0.415. The lowest BCUT2D eigenvalue weighted by Gasteiger charge is -2.15. The molecule has 0 heterocycles. The van der Waals surface area contributed by atoms with E-state index in [4.69, 9.17) is 14.6 Å². The summed E-state index contributed by atoms with van der Waals surface area (Å²) in [4.78, 5) is 11.9. The van der Waals surface area contributed by atoms with Gasteiger partial charge in [-0.25, -0.2) is 0 Å². The zero-order chi connectivity index (χ0) is 14.1. The zero-order valence-electron chi connectivity index (χ0n) is 11.0. The van der Waals surface area contributed by atoms with Crippen molar-refractivity contribution in [3.05, 3.63) is 42.5 Å². The van der Waals surface area contributed by atoms with Crippen LogP contribution in [0.4, 0.5) is 0 Å². The van der Waals surface area contributed by atoms with Gasteiger partial charge in [-0.15, -0.1) is 0 Å². The van der Waals surface area contributed by atoms with Crippen LogP contribution in [0.3, 0.4) is 0 Å². The van der Waals surface area contributed by atoms with E-state index in [1.807, 2.05) is 0 Å². The van der Waals surface area contributed by atoms with E-state index >= 15 is 0 Å². The summed E-state index contributed by atoms with van der Waals surface area (Å²) in [6, 6.07) is 6.34. The average Bonchev–Trinajstić information content (AvgIpc) is 2.45. The van der Waals surface area contributed by atoms with Crippen LogP contribution in [-0.4, -0.2) is 44.0 Å². The minimum absolute atomic E-state index is 0.167. The molecule has 0 aliphatic rings. The standard InChI is InChI=1S/C14H19NO4/c1-3-8-19-13-6-4-11(5-7-13)14(17)15-12(9-16)10-18-2/h3-7,12,16H,1,8-10H2,2H3,(H,15,17). The van der Waals surface area contributed by atoms with Crippen LogP contribution >= 0.6 is 0 Å². The summed E-state index contributed by atoms with van der Waals surface area (Å²) in [5.41, 5.74) is 0.500. The van der Waals surface area contributed by atoms with Crippen molar-refractivity contribution in [3.63, 3.8) is 0 Å². The molecule has 1 aromatic carbocycles. The third-order valence-corrected chi connectivity index (χ3v) is 2.41. The SMILES string of the molecule is C=CCOc1ccc(C(=O)NC(CO)COC)cc1. The molecule has 5 heteroatoms. The Labute approximate surface area is 112 Å². The lowest BCUT2D eigenvalue weighted by Crippen LogP contribution is -2.40. The van der Waals surface area contributed by atoms with Crippen LogP contribution in [0.2, 0.25) is 0 Å². The molecular formula is C14H19NO4. The monoisotopic (exact) mass is 265 g/mol. The second kappa shape index (κ2) is 8.29. The zero-order valence-corrected chi connectivity index (χ0v) is 11.0. The van der Waals surface area contributed by atoms with Gasteiger partial charge in [0, 0.05) is 12.7 Å². The molecule has 1 aromatic rings. The van der Waals surface area contributed by atoms with Gasteiger partial charge in [0.25, 0.3) is 5.91 Å². The van der Waals surface area contributed by atoms with Gasteiger partial charge in [0.1, 0.15) is 12.4 Å². The normalized spacial score (nSPS) is 11.7. The first-order chi connectivity index (χ1) is 9.21. The third kappa shape index (κ3) is 5.11. The Balaban J connectivity index is 2.59. The summed E-state index contributed by atoms with van der Waals surface area (Å²) in [5, 5.41) is 11.7. The summed E-state index contributed by atoms with van der Waals surface area (Å²) in [6.07, 6.45) is 1.65. The molecule has 1 atom stereocenters. The van der Waals surface area contributed by atoms with E-state index in [1.54, 1.807) is 30.3 Å². The molecule has 0 fully saturated rings. The van der Waals surface area contributed by atoms with E-state index in [0.717, 1.165) is 0 Å². The number of carbonyl (C=O) groups is 1. The Bertz CT molecular complexity index is 402. The molecule has 5 nitrogen and oxygen atoms in total. The number of hydrogen-bond acceptors (Lipinski definition) is 4. The Morgan fingerprint density at radius 2 is 2.16 bits per heavy atom. The van der Waals surface area contributed by atoms with E-state index < -0.39 is 6.04 Å². The lowest BCUT2D eigenvalue weighted by molar-refractivity contribution is 0.0839. The highest BCUT2D eigenvalue weighted by Crippen LogP contribution is 2.12. The van der Waals surface area contributed by atoms with E-state index in [0.29, 0.717) is 17.9 Å². The maximum absolute atomic E-state index is 11.9. The Kier molecular flexibility index (Phi) is 6.63. The van der Waals surface area contributed by atoms with Gasteiger partial charge in [-0.2, -0.15) is 0 Å². The van der Waals surface area contributed by atoms with Gasteiger partial charge in [0.15, 0.2) is 0 Å². The lowest BCUT2D eigenvalue weighted by atomic mass is 10.2. The number of ether oxygens (including phenoxy) is 2. The highest BCUT2D eigenvalue weighted by Gasteiger charge is 2.12. The van der Waals surface area contributed by atoms with Gasteiger partial charge < -0.3 is 19.9 Å². The predicted octanol–water partition coefficient (Wildman–Crippen LogP) is 0.988. The number of benzene rings is 1. The number of rotatable bonds is 8. The number of methoxy groups -OCH3 is 1. The molecule has 0 aromatic heterocycles. The number of nitrogens with one attached hydrogen (secondary N) is 1. The first-order valence-electron chi connectivity index (χ1n) is 5.95. The summed E-state index contributed by atoms with van der Waals surface area (Å²) in [7, 11) is 1.51. The molecule has 19 heavy (non-hydrogen) atoms. The molecule has 0 bridgehead atoms. The molecule has 1 rings (SSSR count). The highest BCUT2D eigenvalue weighted by molar-refractivity contribution is 5.94. The molecule has 1 amide bonds. The van der Waals surface area contributed by atoms with Gasteiger partial charge in [0.05, 0.1) is 19.3 Å². The first-order valence-corrected chi connectivity index (χ1v) is 5.95. The number of amides is 1. The fraction of sp³-hybridized carbons (Fsp3) is 0.357. The van der Waals surface area contributed by atoms with Crippen LogP contribution in [-0.2, 0) is 4.74 Å². The maximum Gasteiger partial charge on any atom is 0.251 e. The Morgan fingerprint density at radius 1 is 1.47 bits per heavy atom. The van der Waals surface area contributed by atoms with Crippen LogP contribution in [0, 0.1) is 0 Å². The third-order valence-electron chi connectivity index (χ3n) is 2.41. The fourth-order valence-electron chi connectivity index (χ4n) is 1.47. The van der Waals surface area contributed by atoms with Gasteiger partial charge in [-0.3, -0.25) is 4.79 Å². The van der Waals surface area contributed by atoms with Crippen molar-refractivity contribution in [2.24, 2.45) is 0 Å². The van der Waals surface area contributed by atoms with Crippen LogP contribution in [0.5, 0.6) is 5.75 Å². The molecule has 0 aliphatic carbocycles. The van der Waals surface area contributed by atoms with E-state index in [1.165, 1.54) is 7.11 Å². The highest BCUT2D eigenvalue weighted by atomic mass is 16.5. The minimum Gasteiger partial charge on any atom is -0.490 e. The summed E-state index contributed by atoms with van der Waals surface area (Å²) in [6.45, 7) is 4.08. The van der Waals surface area contributed by atoms with Crippen molar-refractivity contribution in [1.82, 2.24) is 5.32 Å². The predicted molar refractivity (Wildman–Crippen MR) is 72.4 cm³/mol. The average molecular weight is 265 g/mol. The van der Waals surface area contributed by atoms with Gasteiger partial charge in [-0.05, 0) is 24.3 Å². The quantitative estimate of drug-likeness (QED) is 0.688. The first kappa shape index (κ1) is 15.2. The van der Waals surface area contributed by atoms with Crippen LogP contribution < -0.4 is 10.1 Å². The summed E-state index contributed by atoms with van der Waals surface area (Å²) >= 11 is 0. The number of aliphatic hydroxyl groups is 1. The molecule has 0 saturated heterocycles. The number of aliphatic hydroxyl groups excluding tert-OH is 1. The van der Waals surface area contributed by atoms with Crippen LogP contribution in [0.15, 0.2) is 36.9 Å². The smallest absolute Gasteiger partial charge is 0.251 e. The molecule has 0 aliphatic heterocycles. The van der Waals surface area contributed by atoms with E-state index in [2.05, 4.69) is 11.9 Å². The molecule has 2 N–H and O–H groups in total. The topological polar surface area (TPSA) is 67.8 Å². The van der Waals surface area contributed by atoms with Crippen LogP contribution in [0.25, 0.3) is 0 Å². The minimum atomic E-state index is -0.408. The Morgan fingerprint density at radius 3 is 2.68 bits per heavy atom. The van der Waals surface area contributed by atoms with Crippen molar-refractivity contribution >= 4 is 5.91 Å². The molecule has 0 radical (unpaired) electrons. The molecular weight excluding hydrogens is 246 g/mol. The fourth-order valence-corrected chi connectivity index (χ4v) is 1.47. The van der Waals surface area contributed by atoms with Crippen molar-refractivity contribution in [1.29, 1.82) is 0 Å². The number of hydrogen-bond donors (Lipinski definition) is 2.